The first-order chi connectivity index (χ1) is 8.99. The van der Waals surface area contributed by atoms with Crippen LogP contribution in [0.4, 0.5) is 4.79 Å². The van der Waals surface area contributed by atoms with E-state index in [-0.39, 0.29) is 11.5 Å². The second-order valence-corrected chi connectivity index (χ2v) is 3.60. The molecule has 0 aromatic carbocycles. The molecule has 100 valence electrons. The van der Waals surface area contributed by atoms with Gasteiger partial charge in [-0.2, -0.15) is 0 Å². The molecular weight excluding hydrogens is 250 g/mol. The van der Waals surface area contributed by atoms with E-state index < -0.39 is 18.5 Å². The molecule has 1 heterocycles. The zero-order valence-electron chi connectivity index (χ0n) is 10.2. The van der Waals surface area contributed by atoms with Gasteiger partial charge >= 0.3 is 12.0 Å². The molecule has 1 aromatic heterocycles. The highest BCUT2D eigenvalue weighted by molar-refractivity contribution is 6.01. The summed E-state index contributed by atoms with van der Waals surface area (Å²) in [6, 6.07) is 2.58. The number of pyridine rings is 1. The number of hydrogen-bond acceptors (Lipinski definition) is 4. The van der Waals surface area contributed by atoms with E-state index in [2.05, 4.69) is 15.6 Å². The molecular formula is C12H13N3O4. The standard InChI is InChI=1S/C12H13N3O4/c1-8(16)10(6-9-2-4-13-5-3-9)15-12(19)14-7-11(17)18/h2-6H,7H2,1H3,(H,17,18)(H2,14,15,19)/b10-6-. The number of aromatic nitrogens is 1. The Hall–Kier alpha value is -2.70. The molecule has 1 rings (SSSR count). The van der Waals surface area contributed by atoms with Gasteiger partial charge in [0.1, 0.15) is 6.54 Å². The van der Waals surface area contributed by atoms with Gasteiger partial charge in [-0.05, 0) is 23.8 Å². The Balaban J connectivity index is 2.74. The third kappa shape index (κ3) is 5.44. The minimum Gasteiger partial charge on any atom is -0.480 e. The number of amides is 2. The van der Waals surface area contributed by atoms with Gasteiger partial charge < -0.3 is 15.7 Å². The fourth-order valence-corrected chi connectivity index (χ4v) is 1.17. The summed E-state index contributed by atoms with van der Waals surface area (Å²) in [7, 11) is 0. The molecule has 7 heteroatoms. The van der Waals surface area contributed by atoms with Crippen molar-refractivity contribution in [1.29, 1.82) is 0 Å². The van der Waals surface area contributed by atoms with Crippen molar-refractivity contribution >= 4 is 23.9 Å². The molecule has 0 bridgehead atoms. The van der Waals surface area contributed by atoms with Gasteiger partial charge in [-0.25, -0.2) is 4.79 Å². The first-order valence-corrected chi connectivity index (χ1v) is 5.38. The lowest BCUT2D eigenvalue weighted by atomic mass is 10.2. The summed E-state index contributed by atoms with van der Waals surface area (Å²) < 4.78 is 0. The number of urea groups is 1. The molecule has 0 atom stereocenters. The van der Waals surface area contributed by atoms with E-state index in [0.29, 0.717) is 5.56 Å². The summed E-state index contributed by atoms with van der Waals surface area (Å²) in [5, 5.41) is 12.8. The van der Waals surface area contributed by atoms with E-state index in [1.165, 1.54) is 13.0 Å². The van der Waals surface area contributed by atoms with Crippen molar-refractivity contribution < 1.29 is 19.5 Å². The molecule has 0 fully saturated rings. The molecule has 3 N–H and O–H groups in total. The predicted octanol–water partition coefficient (Wildman–Crippen LogP) is 0.395. The summed E-state index contributed by atoms with van der Waals surface area (Å²) in [6.07, 6.45) is 4.58. The van der Waals surface area contributed by atoms with Gasteiger partial charge in [-0.15, -0.1) is 0 Å². The van der Waals surface area contributed by atoms with Crippen molar-refractivity contribution in [2.24, 2.45) is 0 Å². The van der Waals surface area contributed by atoms with Gasteiger partial charge in [-0.3, -0.25) is 14.6 Å². The number of Topliss-reactive ketones (excluding diaryl/α,β-unsaturated/α-hetero) is 1. The van der Waals surface area contributed by atoms with Crippen LogP contribution < -0.4 is 10.6 Å². The van der Waals surface area contributed by atoms with Crippen molar-refractivity contribution in [3.63, 3.8) is 0 Å². The first kappa shape index (κ1) is 14.4. The molecule has 1 aromatic rings. The third-order valence-electron chi connectivity index (χ3n) is 2.04. The van der Waals surface area contributed by atoms with Crippen LogP contribution in [0.25, 0.3) is 6.08 Å². The van der Waals surface area contributed by atoms with E-state index in [1.54, 1.807) is 24.5 Å². The molecule has 2 amide bonds. The third-order valence-corrected chi connectivity index (χ3v) is 2.04. The van der Waals surface area contributed by atoms with Gasteiger partial charge in [0.25, 0.3) is 0 Å². The van der Waals surface area contributed by atoms with Crippen LogP contribution >= 0.6 is 0 Å². The number of carboxylic acid groups (broad SMARTS) is 1. The number of allylic oxidation sites excluding steroid dienone is 1. The number of rotatable bonds is 5. The lowest BCUT2D eigenvalue weighted by Crippen LogP contribution is -2.39. The Labute approximate surface area is 109 Å². The van der Waals surface area contributed by atoms with Crippen molar-refractivity contribution in [2.75, 3.05) is 6.54 Å². The molecule has 0 saturated heterocycles. The van der Waals surface area contributed by atoms with Gasteiger partial charge in [0.05, 0.1) is 5.70 Å². The van der Waals surface area contributed by atoms with E-state index in [0.717, 1.165) is 0 Å². The monoisotopic (exact) mass is 263 g/mol. The van der Waals surface area contributed by atoms with E-state index in [1.807, 2.05) is 0 Å². The first-order valence-electron chi connectivity index (χ1n) is 5.38. The number of hydrogen-bond donors (Lipinski definition) is 3. The Kier molecular flexibility index (Phi) is 5.21. The molecule has 0 aliphatic carbocycles. The minimum absolute atomic E-state index is 0.0640. The fraction of sp³-hybridized carbons (Fsp3) is 0.167. The molecule has 0 radical (unpaired) electrons. The lowest BCUT2D eigenvalue weighted by Gasteiger charge is -2.07. The van der Waals surface area contributed by atoms with Crippen molar-refractivity contribution in [2.45, 2.75) is 6.92 Å². The Bertz CT molecular complexity index is 511. The SMILES string of the molecule is CC(=O)/C(=C/c1ccncc1)NC(=O)NCC(=O)O. The van der Waals surface area contributed by atoms with Crippen LogP contribution in [0.5, 0.6) is 0 Å². The number of nitrogens with zero attached hydrogens (tertiary/aromatic N) is 1. The normalized spacial score (nSPS) is 10.7. The smallest absolute Gasteiger partial charge is 0.323 e. The van der Waals surface area contributed by atoms with Crippen molar-refractivity contribution in [3.8, 4) is 0 Å². The van der Waals surface area contributed by atoms with Crippen LogP contribution in [0.15, 0.2) is 30.2 Å². The zero-order valence-corrected chi connectivity index (χ0v) is 10.2. The number of carboxylic acids is 1. The average Bonchev–Trinajstić information content (AvgIpc) is 2.36. The van der Waals surface area contributed by atoms with Crippen LogP contribution in [0.2, 0.25) is 0 Å². The highest BCUT2D eigenvalue weighted by Gasteiger charge is 2.09. The maximum absolute atomic E-state index is 11.4. The molecule has 7 nitrogen and oxygen atoms in total. The summed E-state index contributed by atoms with van der Waals surface area (Å²) >= 11 is 0. The number of aliphatic carboxylic acids is 1. The van der Waals surface area contributed by atoms with E-state index >= 15 is 0 Å². The number of ketones is 1. The largest absolute Gasteiger partial charge is 0.480 e. The number of carbonyl (C=O) groups excluding carboxylic acids is 2. The number of carbonyl (C=O) groups is 3. The molecule has 19 heavy (non-hydrogen) atoms. The molecule has 0 unspecified atom stereocenters. The van der Waals surface area contributed by atoms with Crippen LogP contribution in [0, 0.1) is 0 Å². The summed E-state index contributed by atoms with van der Waals surface area (Å²) in [6.45, 7) is 0.775. The van der Waals surface area contributed by atoms with E-state index in [4.69, 9.17) is 5.11 Å². The maximum Gasteiger partial charge on any atom is 0.323 e. The highest BCUT2D eigenvalue weighted by atomic mass is 16.4. The summed E-state index contributed by atoms with van der Waals surface area (Å²) in [5.74, 6) is -1.51. The van der Waals surface area contributed by atoms with Crippen LogP contribution in [-0.4, -0.2) is 34.4 Å². The predicted molar refractivity (Wildman–Crippen MR) is 67.1 cm³/mol. The van der Waals surface area contributed by atoms with Gasteiger partial charge in [0.2, 0.25) is 0 Å². The highest BCUT2D eigenvalue weighted by Crippen LogP contribution is 2.04. The Morgan fingerprint density at radius 3 is 2.47 bits per heavy atom. The van der Waals surface area contributed by atoms with Crippen molar-refractivity contribution in [3.05, 3.63) is 35.8 Å². The summed E-state index contributed by atoms with van der Waals surface area (Å²) in [4.78, 5) is 36.9. The zero-order chi connectivity index (χ0) is 14.3. The quantitative estimate of drug-likeness (QED) is 0.666. The second kappa shape index (κ2) is 6.90. The number of nitrogens with one attached hydrogen (secondary N) is 2. The Morgan fingerprint density at radius 1 is 1.32 bits per heavy atom. The van der Waals surface area contributed by atoms with Crippen LogP contribution in [0.1, 0.15) is 12.5 Å². The molecule has 0 aliphatic rings. The molecule has 0 saturated carbocycles. The topological polar surface area (TPSA) is 108 Å². The molecule has 0 aliphatic heterocycles. The van der Waals surface area contributed by atoms with Gasteiger partial charge in [0, 0.05) is 19.3 Å². The van der Waals surface area contributed by atoms with Crippen LogP contribution in [0.3, 0.4) is 0 Å². The maximum atomic E-state index is 11.4. The lowest BCUT2D eigenvalue weighted by molar-refractivity contribution is -0.135. The van der Waals surface area contributed by atoms with Crippen molar-refractivity contribution in [1.82, 2.24) is 15.6 Å². The van der Waals surface area contributed by atoms with E-state index in [9.17, 15) is 14.4 Å². The van der Waals surface area contributed by atoms with Gasteiger partial charge in [0.15, 0.2) is 5.78 Å². The summed E-state index contributed by atoms with van der Waals surface area (Å²) in [5.41, 5.74) is 0.757. The Morgan fingerprint density at radius 2 is 1.95 bits per heavy atom. The fourth-order valence-electron chi connectivity index (χ4n) is 1.17. The minimum atomic E-state index is -1.17. The average molecular weight is 263 g/mol. The second-order valence-electron chi connectivity index (χ2n) is 3.60. The van der Waals surface area contributed by atoms with Crippen LogP contribution in [-0.2, 0) is 9.59 Å². The van der Waals surface area contributed by atoms with Gasteiger partial charge in [-0.1, -0.05) is 0 Å². The molecule has 0 spiro atoms.